The monoisotopic (exact) mass is 291 g/mol. The van der Waals surface area contributed by atoms with Crippen LogP contribution in [0, 0.1) is 12.8 Å². The summed E-state index contributed by atoms with van der Waals surface area (Å²) in [5, 5.41) is 3.68. The Kier molecular flexibility index (Phi) is 5.59. The van der Waals surface area contributed by atoms with Crippen molar-refractivity contribution in [3.63, 3.8) is 0 Å². The fraction of sp³-hybridized carbons (Fsp3) is 0.706. The number of hydrogen-bond acceptors (Lipinski definition) is 4. The first-order valence-electron chi connectivity index (χ1n) is 8.02. The minimum Gasteiger partial charge on any atom is -0.497 e. The Morgan fingerprint density at radius 1 is 1.48 bits per heavy atom. The van der Waals surface area contributed by atoms with E-state index in [0.29, 0.717) is 18.0 Å². The van der Waals surface area contributed by atoms with Crippen molar-refractivity contribution in [1.82, 2.24) is 15.2 Å². The lowest BCUT2D eigenvalue weighted by molar-refractivity contribution is 0.110. The first-order valence-corrected chi connectivity index (χ1v) is 8.02. The van der Waals surface area contributed by atoms with Crippen molar-refractivity contribution in [2.45, 2.75) is 52.7 Å². The van der Waals surface area contributed by atoms with Gasteiger partial charge in [0, 0.05) is 49.5 Å². The molecule has 2 rings (SSSR count). The summed E-state index contributed by atoms with van der Waals surface area (Å²) in [6, 6.07) is 5.16. The molecule has 0 aliphatic carbocycles. The van der Waals surface area contributed by atoms with Crippen molar-refractivity contribution in [1.29, 1.82) is 0 Å². The molecule has 2 heterocycles. The summed E-state index contributed by atoms with van der Waals surface area (Å²) in [6.45, 7) is 11.9. The lowest BCUT2D eigenvalue weighted by Gasteiger charge is -2.40. The first kappa shape index (κ1) is 16.2. The molecule has 3 atom stereocenters. The van der Waals surface area contributed by atoms with Gasteiger partial charge in [0.2, 0.25) is 0 Å². The van der Waals surface area contributed by atoms with E-state index in [1.807, 2.05) is 13.0 Å². The Morgan fingerprint density at radius 3 is 2.90 bits per heavy atom. The van der Waals surface area contributed by atoms with Gasteiger partial charge >= 0.3 is 0 Å². The highest BCUT2D eigenvalue weighted by molar-refractivity contribution is 5.26. The van der Waals surface area contributed by atoms with E-state index in [9.17, 15) is 0 Å². The van der Waals surface area contributed by atoms with Crippen LogP contribution < -0.4 is 10.1 Å². The smallest absolute Gasteiger partial charge is 0.122 e. The third kappa shape index (κ3) is 4.17. The standard InChI is InChI=1S/C17H29N3O/c1-6-12(2)17-11-20(14(4)9-18-17)10-15-8-16(21-5)7-13(3)19-15/h7-8,12,14,17-18H,6,9-11H2,1-5H3. The Morgan fingerprint density at radius 2 is 2.24 bits per heavy atom. The van der Waals surface area contributed by atoms with Crippen LogP contribution >= 0.6 is 0 Å². The molecular weight excluding hydrogens is 262 g/mol. The summed E-state index contributed by atoms with van der Waals surface area (Å²) < 4.78 is 5.36. The molecule has 1 aromatic heterocycles. The van der Waals surface area contributed by atoms with E-state index < -0.39 is 0 Å². The molecule has 1 aromatic rings. The van der Waals surface area contributed by atoms with Gasteiger partial charge in [0.25, 0.3) is 0 Å². The third-order valence-electron chi connectivity index (χ3n) is 4.64. The van der Waals surface area contributed by atoms with Crippen LogP contribution in [0.3, 0.4) is 0 Å². The molecule has 0 amide bonds. The van der Waals surface area contributed by atoms with Crippen LogP contribution in [0.5, 0.6) is 5.75 Å². The lowest BCUT2D eigenvalue weighted by atomic mass is 9.95. The zero-order valence-electron chi connectivity index (χ0n) is 14.0. The molecule has 0 spiro atoms. The average molecular weight is 291 g/mol. The molecule has 1 fully saturated rings. The quantitative estimate of drug-likeness (QED) is 0.905. The van der Waals surface area contributed by atoms with Gasteiger partial charge in [-0.3, -0.25) is 9.88 Å². The fourth-order valence-corrected chi connectivity index (χ4v) is 2.94. The van der Waals surface area contributed by atoms with Crippen molar-refractivity contribution in [3.8, 4) is 5.75 Å². The molecule has 21 heavy (non-hydrogen) atoms. The molecule has 0 aromatic carbocycles. The summed E-state index contributed by atoms with van der Waals surface area (Å²) >= 11 is 0. The van der Waals surface area contributed by atoms with Crippen molar-refractivity contribution >= 4 is 0 Å². The number of nitrogens with zero attached hydrogens (tertiary/aromatic N) is 2. The van der Waals surface area contributed by atoms with Gasteiger partial charge in [0.05, 0.1) is 12.8 Å². The number of methoxy groups -OCH3 is 1. The summed E-state index contributed by atoms with van der Waals surface area (Å²) in [4.78, 5) is 7.19. The summed E-state index contributed by atoms with van der Waals surface area (Å²) in [7, 11) is 1.71. The fourth-order valence-electron chi connectivity index (χ4n) is 2.94. The van der Waals surface area contributed by atoms with Gasteiger partial charge < -0.3 is 10.1 Å². The third-order valence-corrected chi connectivity index (χ3v) is 4.64. The minimum atomic E-state index is 0.540. The van der Waals surface area contributed by atoms with Gasteiger partial charge in [0.1, 0.15) is 5.75 Å². The van der Waals surface area contributed by atoms with Crippen LogP contribution in [-0.2, 0) is 6.54 Å². The molecule has 1 aliphatic heterocycles. The number of pyridine rings is 1. The van der Waals surface area contributed by atoms with E-state index in [1.165, 1.54) is 6.42 Å². The number of nitrogens with one attached hydrogen (secondary N) is 1. The first-order chi connectivity index (χ1) is 10.0. The SMILES string of the molecule is CCC(C)C1CN(Cc2cc(OC)cc(C)n2)C(C)CN1. The van der Waals surface area contributed by atoms with Crippen LogP contribution in [-0.4, -0.2) is 42.2 Å². The number of ether oxygens (including phenoxy) is 1. The van der Waals surface area contributed by atoms with Crippen LogP contribution in [0.4, 0.5) is 0 Å². The Bertz CT molecular complexity index is 463. The molecule has 0 radical (unpaired) electrons. The molecule has 4 heteroatoms. The maximum atomic E-state index is 5.36. The normalized spacial score (nSPS) is 24.8. The van der Waals surface area contributed by atoms with Crippen molar-refractivity contribution in [2.24, 2.45) is 5.92 Å². The lowest BCUT2D eigenvalue weighted by Crippen LogP contribution is -2.57. The Labute approximate surface area is 128 Å². The van der Waals surface area contributed by atoms with Gasteiger partial charge in [-0.2, -0.15) is 0 Å². The van der Waals surface area contributed by atoms with Crippen LogP contribution in [0.15, 0.2) is 12.1 Å². The van der Waals surface area contributed by atoms with E-state index in [2.05, 4.69) is 42.0 Å². The maximum absolute atomic E-state index is 5.36. The maximum Gasteiger partial charge on any atom is 0.122 e. The average Bonchev–Trinajstić information content (AvgIpc) is 2.48. The van der Waals surface area contributed by atoms with Gasteiger partial charge in [-0.15, -0.1) is 0 Å². The highest BCUT2D eigenvalue weighted by atomic mass is 16.5. The topological polar surface area (TPSA) is 37.4 Å². The molecule has 0 bridgehead atoms. The second-order valence-electron chi connectivity index (χ2n) is 6.32. The van der Waals surface area contributed by atoms with Crippen molar-refractivity contribution < 1.29 is 4.74 Å². The largest absolute Gasteiger partial charge is 0.497 e. The molecule has 118 valence electrons. The van der Waals surface area contributed by atoms with Gasteiger partial charge in [-0.1, -0.05) is 20.3 Å². The van der Waals surface area contributed by atoms with Crippen LogP contribution in [0.1, 0.15) is 38.6 Å². The van der Waals surface area contributed by atoms with E-state index in [0.717, 1.165) is 36.8 Å². The zero-order valence-corrected chi connectivity index (χ0v) is 14.0. The molecule has 1 saturated heterocycles. The number of aryl methyl sites for hydroxylation is 1. The molecular formula is C17H29N3O. The summed E-state index contributed by atoms with van der Waals surface area (Å²) in [5.74, 6) is 1.61. The highest BCUT2D eigenvalue weighted by Crippen LogP contribution is 2.19. The van der Waals surface area contributed by atoms with Crippen molar-refractivity contribution in [3.05, 3.63) is 23.5 Å². The molecule has 1 N–H and O–H groups in total. The molecule has 0 saturated carbocycles. The number of rotatable bonds is 5. The highest BCUT2D eigenvalue weighted by Gasteiger charge is 2.27. The number of aromatic nitrogens is 1. The van der Waals surface area contributed by atoms with E-state index in [4.69, 9.17) is 4.74 Å². The molecule has 1 aliphatic rings. The Balaban J connectivity index is 2.07. The number of hydrogen-bond donors (Lipinski definition) is 1. The van der Waals surface area contributed by atoms with Crippen LogP contribution in [0.2, 0.25) is 0 Å². The van der Waals surface area contributed by atoms with Gasteiger partial charge in [-0.05, 0) is 19.8 Å². The number of piperazine rings is 1. The van der Waals surface area contributed by atoms with Crippen molar-refractivity contribution in [2.75, 3.05) is 20.2 Å². The second-order valence-corrected chi connectivity index (χ2v) is 6.32. The van der Waals surface area contributed by atoms with Gasteiger partial charge in [-0.25, -0.2) is 0 Å². The van der Waals surface area contributed by atoms with Crippen LogP contribution in [0.25, 0.3) is 0 Å². The van der Waals surface area contributed by atoms with Gasteiger partial charge in [0.15, 0.2) is 0 Å². The Hall–Kier alpha value is -1.13. The summed E-state index contributed by atoms with van der Waals surface area (Å²) in [5.41, 5.74) is 2.12. The predicted octanol–water partition coefficient (Wildman–Crippen LogP) is 2.61. The van der Waals surface area contributed by atoms with E-state index in [1.54, 1.807) is 7.11 Å². The molecule has 3 unspecified atom stereocenters. The minimum absolute atomic E-state index is 0.540. The van der Waals surface area contributed by atoms with E-state index >= 15 is 0 Å². The molecule has 4 nitrogen and oxygen atoms in total. The zero-order chi connectivity index (χ0) is 15.4. The summed E-state index contributed by atoms with van der Waals surface area (Å²) in [6.07, 6.45) is 1.22. The predicted molar refractivity (Wildman–Crippen MR) is 86.6 cm³/mol. The van der Waals surface area contributed by atoms with E-state index in [-0.39, 0.29) is 0 Å². The second kappa shape index (κ2) is 7.23.